The molecule has 1 aromatic heterocycles. The van der Waals surface area contributed by atoms with Gasteiger partial charge < -0.3 is 14.4 Å². The lowest BCUT2D eigenvalue weighted by atomic mass is 9.90. The van der Waals surface area contributed by atoms with Crippen LogP contribution in [0.4, 0.5) is 5.69 Å². The zero-order valence-electron chi connectivity index (χ0n) is 15.6. The number of hydrogen-bond donors (Lipinski definition) is 0. The smallest absolute Gasteiger partial charge is 0.119 e. The van der Waals surface area contributed by atoms with Crippen LogP contribution in [0, 0.1) is 6.92 Å². The predicted octanol–water partition coefficient (Wildman–Crippen LogP) is 3.33. The second kappa shape index (κ2) is 7.55. The molecule has 2 aromatic rings. The topological polar surface area (TPSA) is 37.8 Å². The van der Waals surface area contributed by atoms with E-state index in [0.29, 0.717) is 0 Å². The van der Waals surface area contributed by atoms with E-state index in [-0.39, 0.29) is 5.60 Å². The number of piperidine rings is 1. The monoisotopic (exact) mass is 373 g/mol. The minimum atomic E-state index is -0.0680. The molecule has 0 unspecified atom stereocenters. The van der Waals surface area contributed by atoms with Gasteiger partial charge in [-0.1, -0.05) is 0 Å². The molecule has 2 saturated heterocycles. The molecule has 140 valence electrons. The number of benzene rings is 1. The van der Waals surface area contributed by atoms with Gasteiger partial charge in [0.1, 0.15) is 5.75 Å². The van der Waals surface area contributed by atoms with Gasteiger partial charge in [-0.2, -0.15) is 0 Å². The number of aromatic nitrogens is 1. The van der Waals surface area contributed by atoms with Crippen molar-refractivity contribution in [2.24, 2.45) is 0 Å². The zero-order valence-corrected chi connectivity index (χ0v) is 16.4. The fourth-order valence-corrected chi connectivity index (χ4v) is 4.73. The highest BCUT2D eigenvalue weighted by Gasteiger charge is 2.40. The van der Waals surface area contributed by atoms with Crippen LogP contribution in [0.5, 0.6) is 5.75 Å². The van der Waals surface area contributed by atoms with Crippen molar-refractivity contribution in [3.05, 3.63) is 40.3 Å². The fraction of sp³-hybridized carbons (Fsp3) is 0.550. The van der Waals surface area contributed by atoms with Crippen LogP contribution >= 0.6 is 11.3 Å². The van der Waals surface area contributed by atoms with E-state index < -0.39 is 0 Å². The van der Waals surface area contributed by atoms with Crippen molar-refractivity contribution < 1.29 is 9.47 Å². The first-order chi connectivity index (χ1) is 12.7. The van der Waals surface area contributed by atoms with E-state index in [9.17, 15) is 0 Å². The molecule has 1 aromatic carbocycles. The van der Waals surface area contributed by atoms with E-state index >= 15 is 0 Å². The third-order valence-corrected chi connectivity index (χ3v) is 6.18. The van der Waals surface area contributed by atoms with Crippen LogP contribution in [-0.2, 0) is 11.3 Å². The summed E-state index contributed by atoms with van der Waals surface area (Å²) in [6, 6.07) is 8.37. The minimum Gasteiger partial charge on any atom is -0.497 e. The Hall–Kier alpha value is -1.63. The van der Waals surface area contributed by atoms with E-state index in [0.717, 1.165) is 62.9 Å². The number of thiazole rings is 1. The van der Waals surface area contributed by atoms with Crippen molar-refractivity contribution in [1.82, 2.24) is 9.88 Å². The molecule has 3 heterocycles. The molecular weight excluding hydrogens is 346 g/mol. The van der Waals surface area contributed by atoms with Crippen LogP contribution in [0.2, 0.25) is 0 Å². The molecule has 0 bridgehead atoms. The van der Waals surface area contributed by atoms with Crippen LogP contribution in [-0.4, -0.2) is 55.4 Å². The quantitative estimate of drug-likeness (QED) is 0.822. The summed E-state index contributed by atoms with van der Waals surface area (Å²) in [5.41, 5.74) is 2.37. The summed E-state index contributed by atoms with van der Waals surface area (Å²) in [6.45, 7) is 7.81. The van der Waals surface area contributed by atoms with E-state index in [1.54, 1.807) is 18.4 Å². The Balaban J connectivity index is 1.44. The average molecular weight is 374 g/mol. The normalized spacial score (nSPS) is 24.2. The molecule has 5 nitrogen and oxygen atoms in total. The molecule has 0 saturated carbocycles. The molecule has 2 aliphatic heterocycles. The van der Waals surface area contributed by atoms with Crippen LogP contribution < -0.4 is 9.64 Å². The van der Waals surface area contributed by atoms with Crippen molar-refractivity contribution in [3.8, 4) is 5.75 Å². The van der Waals surface area contributed by atoms with Gasteiger partial charge in [-0.05, 0) is 44.0 Å². The van der Waals surface area contributed by atoms with E-state index in [1.165, 1.54) is 11.4 Å². The van der Waals surface area contributed by atoms with Crippen molar-refractivity contribution >= 4 is 17.0 Å². The maximum absolute atomic E-state index is 6.35. The second-order valence-electron chi connectivity index (χ2n) is 7.32. The fourth-order valence-electron chi connectivity index (χ4n) is 4.13. The Kier molecular flexibility index (Phi) is 5.16. The molecule has 0 N–H and O–H groups in total. The maximum atomic E-state index is 6.35. The number of aryl methyl sites for hydroxylation is 1. The molecule has 2 aliphatic rings. The first-order valence-corrected chi connectivity index (χ1v) is 10.2. The largest absolute Gasteiger partial charge is 0.497 e. The lowest BCUT2D eigenvalue weighted by Gasteiger charge is -2.48. The highest BCUT2D eigenvalue weighted by Crippen LogP contribution is 2.32. The molecule has 4 rings (SSSR count). The van der Waals surface area contributed by atoms with Gasteiger partial charge in [0, 0.05) is 43.8 Å². The summed E-state index contributed by atoms with van der Waals surface area (Å²) >= 11 is 1.73. The van der Waals surface area contributed by atoms with E-state index in [1.807, 2.05) is 12.1 Å². The molecule has 0 radical (unpaired) electrons. The Morgan fingerprint density at radius 3 is 2.81 bits per heavy atom. The molecule has 0 aliphatic carbocycles. The standard InChI is InChI=1S/C20H27N3O2S/c1-16-21-17(13-26-16)12-22-10-11-25-20(14-22)8-3-9-23(15-20)18-4-6-19(24-2)7-5-18/h4-7,13H,3,8-12,14-15H2,1-2H3/t20-/m0/s1. The molecule has 1 spiro atoms. The Morgan fingerprint density at radius 1 is 1.23 bits per heavy atom. The van der Waals surface area contributed by atoms with E-state index in [2.05, 4.69) is 39.2 Å². The van der Waals surface area contributed by atoms with Gasteiger partial charge in [0.15, 0.2) is 0 Å². The van der Waals surface area contributed by atoms with Gasteiger partial charge in [0.25, 0.3) is 0 Å². The first-order valence-electron chi connectivity index (χ1n) is 9.32. The molecule has 0 amide bonds. The summed E-state index contributed by atoms with van der Waals surface area (Å²) in [7, 11) is 1.71. The summed E-state index contributed by atoms with van der Waals surface area (Å²) in [4.78, 5) is 9.60. The Bertz CT molecular complexity index is 729. The van der Waals surface area contributed by atoms with Crippen molar-refractivity contribution in [2.45, 2.75) is 31.9 Å². The maximum Gasteiger partial charge on any atom is 0.119 e. The second-order valence-corrected chi connectivity index (χ2v) is 8.39. The average Bonchev–Trinajstić information content (AvgIpc) is 3.06. The molecule has 6 heteroatoms. The number of methoxy groups -OCH3 is 1. The van der Waals surface area contributed by atoms with Crippen LogP contribution in [0.15, 0.2) is 29.6 Å². The summed E-state index contributed by atoms with van der Waals surface area (Å²) in [5, 5.41) is 3.33. The van der Waals surface area contributed by atoms with Crippen LogP contribution in [0.1, 0.15) is 23.5 Å². The van der Waals surface area contributed by atoms with Crippen LogP contribution in [0.25, 0.3) is 0 Å². The SMILES string of the molecule is COc1ccc(N2CCC[C@]3(CN(Cc4csc(C)n4)CCO3)C2)cc1. The third kappa shape index (κ3) is 3.87. The predicted molar refractivity (Wildman–Crippen MR) is 105 cm³/mol. The van der Waals surface area contributed by atoms with E-state index in [4.69, 9.17) is 9.47 Å². The van der Waals surface area contributed by atoms with Gasteiger partial charge in [-0.15, -0.1) is 11.3 Å². The van der Waals surface area contributed by atoms with Gasteiger partial charge in [0.2, 0.25) is 0 Å². The van der Waals surface area contributed by atoms with Crippen molar-refractivity contribution in [2.75, 3.05) is 44.8 Å². The highest BCUT2D eigenvalue weighted by molar-refractivity contribution is 7.09. The third-order valence-electron chi connectivity index (χ3n) is 5.36. The highest BCUT2D eigenvalue weighted by atomic mass is 32.1. The lowest BCUT2D eigenvalue weighted by molar-refractivity contribution is -0.116. The number of hydrogen-bond acceptors (Lipinski definition) is 6. The van der Waals surface area contributed by atoms with Crippen LogP contribution in [0.3, 0.4) is 0 Å². The first kappa shape index (κ1) is 17.8. The number of rotatable bonds is 4. The molecular formula is C20H27N3O2S. The van der Waals surface area contributed by atoms with Gasteiger partial charge in [0.05, 0.1) is 30.0 Å². The van der Waals surface area contributed by atoms with Gasteiger partial charge >= 0.3 is 0 Å². The minimum absolute atomic E-state index is 0.0680. The molecule has 26 heavy (non-hydrogen) atoms. The van der Waals surface area contributed by atoms with Crippen molar-refractivity contribution in [1.29, 1.82) is 0 Å². The summed E-state index contributed by atoms with van der Waals surface area (Å²) < 4.78 is 11.6. The zero-order chi connectivity index (χ0) is 18.0. The summed E-state index contributed by atoms with van der Waals surface area (Å²) in [6.07, 6.45) is 2.29. The Morgan fingerprint density at radius 2 is 2.08 bits per heavy atom. The summed E-state index contributed by atoms with van der Waals surface area (Å²) in [5.74, 6) is 0.902. The Labute approximate surface area is 159 Å². The molecule has 1 atom stereocenters. The van der Waals surface area contributed by atoms with Crippen molar-refractivity contribution in [3.63, 3.8) is 0 Å². The molecule has 2 fully saturated rings. The van der Waals surface area contributed by atoms with Gasteiger partial charge in [-0.25, -0.2) is 4.98 Å². The number of anilines is 1. The number of morpholine rings is 1. The lowest BCUT2D eigenvalue weighted by Crippen LogP contribution is -2.59. The number of nitrogens with zero attached hydrogens (tertiary/aromatic N) is 3. The van der Waals surface area contributed by atoms with Gasteiger partial charge in [-0.3, -0.25) is 4.90 Å². The number of ether oxygens (including phenoxy) is 2.